The Hall–Kier alpha value is -1.33. The van der Waals surface area contributed by atoms with Gasteiger partial charge >= 0.3 is 5.97 Å². The molecule has 5 nitrogen and oxygen atoms in total. The lowest BCUT2D eigenvalue weighted by Gasteiger charge is -2.53. The molecule has 1 spiro atoms. The standard InChI is InChI=1S/C14H20N2O3/c17-13(18)9-16-10-14(11-16)3-5-15(6-4-14)8-12-2-1-7-19-12/h1-2,7H,3-6,8-11H2,(H,17,18). The third-order valence-electron chi connectivity index (χ3n) is 4.35. The Bertz CT molecular complexity index is 428. The van der Waals surface area contributed by atoms with E-state index in [1.54, 1.807) is 6.26 Å². The van der Waals surface area contributed by atoms with Gasteiger partial charge in [0.25, 0.3) is 0 Å². The van der Waals surface area contributed by atoms with Crippen molar-refractivity contribution < 1.29 is 14.3 Å². The van der Waals surface area contributed by atoms with Crippen LogP contribution in [0.3, 0.4) is 0 Å². The number of carboxylic acid groups (broad SMARTS) is 1. The highest BCUT2D eigenvalue weighted by Crippen LogP contribution is 2.40. The number of likely N-dealkylation sites (tertiary alicyclic amines) is 2. The van der Waals surface area contributed by atoms with Gasteiger partial charge in [0.2, 0.25) is 0 Å². The van der Waals surface area contributed by atoms with Crippen molar-refractivity contribution in [2.24, 2.45) is 5.41 Å². The SMILES string of the molecule is O=C(O)CN1CC2(CCN(Cc3ccco3)CC2)C1. The second kappa shape index (κ2) is 4.98. The predicted octanol–water partition coefficient (Wildman–Crippen LogP) is 1.26. The second-order valence-electron chi connectivity index (χ2n) is 5.89. The van der Waals surface area contributed by atoms with Crippen molar-refractivity contribution >= 4 is 5.97 Å². The molecule has 3 heterocycles. The molecule has 0 aliphatic carbocycles. The number of nitrogens with zero attached hydrogens (tertiary/aromatic N) is 2. The lowest BCUT2D eigenvalue weighted by Crippen LogP contribution is -2.61. The van der Waals surface area contributed by atoms with E-state index in [-0.39, 0.29) is 6.54 Å². The average Bonchev–Trinajstić information content (AvgIpc) is 2.82. The summed E-state index contributed by atoms with van der Waals surface area (Å²) in [6, 6.07) is 3.94. The summed E-state index contributed by atoms with van der Waals surface area (Å²) in [4.78, 5) is 15.1. The fourth-order valence-corrected chi connectivity index (χ4v) is 3.33. The van der Waals surface area contributed by atoms with E-state index in [4.69, 9.17) is 9.52 Å². The summed E-state index contributed by atoms with van der Waals surface area (Å²) < 4.78 is 5.37. The third-order valence-corrected chi connectivity index (χ3v) is 4.35. The molecule has 19 heavy (non-hydrogen) atoms. The molecule has 0 amide bonds. The summed E-state index contributed by atoms with van der Waals surface area (Å²) in [6.45, 7) is 5.16. The van der Waals surface area contributed by atoms with Crippen LogP contribution in [0.2, 0.25) is 0 Å². The zero-order valence-electron chi connectivity index (χ0n) is 11.0. The van der Waals surface area contributed by atoms with Gasteiger partial charge in [-0.05, 0) is 43.5 Å². The summed E-state index contributed by atoms with van der Waals surface area (Å²) in [6.07, 6.45) is 4.06. The summed E-state index contributed by atoms with van der Waals surface area (Å²) in [5.74, 6) is 0.308. The average molecular weight is 264 g/mol. The van der Waals surface area contributed by atoms with Crippen molar-refractivity contribution in [3.05, 3.63) is 24.2 Å². The van der Waals surface area contributed by atoms with E-state index in [0.29, 0.717) is 5.41 Å². The van der Waals surface area contributed by atoms with Crippen LogP contribution in [0.4, 0.5) is 0 Å². The Morgan fingerprint density at radius 3 is 2.63 bits per heavy atom. The quantitative estimate of drug-likeness (QED) is 0.887. The molecule has 2 aliphatic heterocycles. The summed E-state index contributed by atoms with van der Waals surface area (Å²) in [7, 11) is 0. The van der Waals surface area contributed by atoms with Crippen LogP contribution >= 0.6 is 0 Å². The number of rotatable bonds is 4. The molecular formula is C14H20N2O3. The lowest BCUT2D eigenvalue weighted by molar-refractivity contribution is -0.143. The maximum absolute atomic E-state index is 10.6. The molecule has 0 saturated carbocycles. The first-order chi connectivity index (χ1) is 9.15. The van der Waals surface area contributed by atoms with Crippen LogP contribution in [0, 0.1) is 5.41 Å². The van der Waals surface area contributed by atoms with E-state index in [2.05, 4.69) is 4.90 Å². The van der Waals surface area contributed by atoms with Crippen LogP contribution < -0.4 is 0 Å². The molecule has 0 atom stereocenters. The van der Waals surface area contributed by atoms with Gasteiger partial charge in [0, 0.05) is 13.1 Å². The van der Waals surface area contributed by atoms with Crippen molar-refractivity contribution in [3.8, 4) is 0 Å². The monoisotopic (exact) mass is 264 g/mol. The van der Waals surface area contributed by atoms with Gasteiger partial charge in [0.05, 0.1) is 19.4 Å². The molecule has 2 fully saturated rings. The van der Waals surface area contributed by atoms with Crippen LogP contribution in [0.25, 0.3) is 0 Å². The minimum Gasteiger partial charge on any atom is -0.480 e. The molecule has 3 rings (SSSR count). The summed E-state index contributed by atoms with van der Waals surface area (Å²) in [5, 5.41) is 8.76. The Kier molecular flexibility index (Phi) is 3.33. The minimum atomic E-state index is -0.717. The number of hydrogen-bond donors (Lipinski definition) is 1. The molecule has 0 unspecified atom stereocenters. The zero-order valence-corrected chi connectivity index (χ0v) is 11.0. The fourth-order valence-electron chi connectivity index (χ4n) is 3.33. The van der Waals surface area contributed by atoms with Gasteiger partial charge in [-0.3, -0.25) is 14.6 Å². The number of aliphatic carboxylic acids is 1. The zero-order chi connectivity index (χ0) is 13.3. The van der Waals surface area contributed by atoms with Crippen molar-refractivity contribution in [1.29, 1.82) is 0 Å². The van der Waals surface area contributed by atoms with Gasteiger partial charge in [-0.1, -0.05) is 0 Å². The van der Waals surface area contributed by atoms with Crippen LogP contribution in [0.15, 0.2) is 22.8 Å². The number of furan rings is 1. The van der Waals surface area contributed by atoms with E-state index in [0.717, 1.165) is 38.5 Å². The second-order valence-corrected chi connectivity index (χ2v) is 5.89. The minimum absolute atomic E-state index is 0.192. The van der Waals surface area contributed by atoms with Gasteiger partial charge in [-0.15, -0.1) is 0 Å². The van der Waals surface area contributed by atoms with Gasteiger partial charge in [0.15, 0.2) is 0 Å². The molecular weight excluding hydrogens is 244 g/mol. The first-order valence-corrected chi connectivity index (χ1v) is 6.84. The van der Waals surface area contributed by atoms with Crippen molar-refractivity contribution in [1.82, 2.24) is 9.80 Å². The predicted molar refractivity (Wildman–Crippen MR) is 69.7 cm³/mol. The lowest BCUT2D eigenvalue weighted by atomic mass is 9.72. The van der Waals surface area contributed by atoms with E-state index in [1.165, 1.54) is 12.8 Å². The number of piperidine rings is 1. The Morgan fingerprint density at radius 2 is 2.05 bits per heavy atom. The molecule has 2 saturated heterocycles. The Morgan fingerprint density at radius 1 is 1.32 bits per heavy atom. The van der Waals surface area contributed by atoms with Crippen LogP contribution in [0.5, 0.6) is 0 Å². The van der Waals surface area contributed by atoms with Gasteiger partial charge in [0.1, 0.15) is 5.76 Å². The molecule has 1 N–H and O–H groups in total. The number of carbonyl (C=O) groups is 1. The maximum Gasteiger partial charge on any atom is 0.317 e. The van der Waals surface area contributed by atoms with Gasteiger partial charge < -0.3 is 9.52 Å². The van der Waals surface area contributed by atoms with Crippen molar-refractivity contribution in [2.75, 3.05) is 32.7 Å². The van der Waals surface area contributed by atoms with Gasteiger partial charge in [-0.2, -0.15) is 0 Å². The fraction of sp³-hybridized carbons (Fsp3) is 0.643. The highest BCUT2D eigenvalue weighted by molar-refractivity contribution is 5.69. The highest BCUT2D eigenvalue weighted by atomic mass is 16.4. The molecule has 0 aromatic carbocycles. The topological polar surface area (TPSA) is 56.9 Å². The first-order valence-electron chi connectivity index (χ1n) is 6.84. The van der Waals surface area contributed by atoms with Crippen LogP contribution in [-0.2, 0) is 11.3 Å². The van der Waals surface area contributed by atoms with E-state index in [9.17, 15) is 4.79 Å². The first kappa shape index (κ1) is 12.7. The highest BCUT2D eigenvalue weighted by Gasteiger charge is 2.44. The molecule has 1 aromatic rings. The molecule has 1 aromatic heterocycles. The van der Waals surface area contributed by atoms with Crippen LogP contribution in [0.1, 0.15) is 18.6 Å². The van der Waals surface area contributed by atoms with Crippen LogP contribution in [-0.4, -0.2) is 53.6 Å². The largest absolute Gasteiger partial charge is 0.480 e. The Balaban J connectivity index is 1.44. The molecule has 0 radical (unpaired) electrons. The molecule has 104 valence electrons. The smallest absolute Gasteiger partial charge is 0.317 e. The van der Waals surface area contributed by atoms with Crippen molar-refractivity contribution in [2.45, 2.75) is 19.4 Å². The molecule has 0 bridgehead atoms. The van der Waals surface area contributed by atoms with Crippen molar-refractivity contribution in [3.63, 3.8) is 0 Å². The van der Waals surface area contributed by atoms with E-state index < -0.39 is 5.97 Å². The summed E-state index contributed by atoms with van der Waals surface area (Å²) >= 11 is 0. The molecule has 2 aliphatic rings. The normalized spacial score (nSPS) is 23.4. The number of carboxylic acids is 1. The van der Waals surface area contributed by atoms with E-state index >= 15 is 0 Å². The maximum atomic E-state index is 10.6. The Labute approximate surface area is 112 Å². The summed E-state index contributed by atoms with van der Waals surface area (Å²) in [5.41, 5.74) is 0.384. The van der Waals surface area contributed by atoms with Gasteiger partial charge in [-0.25, -0.2) is 0 Å². The molecule has 5 heteroatoms. The number of hydrogen-bond acceptors (Lipinski definition) is 4. The van der Waals surface area contributed by atoms with E-state index in [1.807, 2.05) is 17.0 Å². The third kappa shape index (κ3) is 2.82.